The molecule has 1 aromatic heterocycles. The summed E-state index contributed by atoms with van der Waals surface area (Å²) in [6.45, 7) is 4.26. The highest BCUT2D eigenvalue weighted by molar-refractivity contribution is 6.01. The number of aromatic nitrogens is 1. The molecule has 110 valence electrons. The average Bonchev–Trinajstić information content (AvgIpc) is 2.51. The lowest BCUT2D eigenvalue weighted by Crippen LogP contribution is -2.40. The first kappa shape index (κ1) is 14.0. The van der Waals surface area contributed by atoms with Gasteiger partial charge in [0.2, 0.25) is 5.91 Å². The van der Waals surface area contributed by atoms with E-state index in [-0.39, 0.29) is 12.0 Å². The van der Waals surface area contributed by atoms with E-state index in [0.717, 1.165) is 35.2 Å². The number of rotatable bonds is 3. The lowest BCUT2D eigenvalue weighted by atomic mass is 10.1. The highest BCUT2D eigenvalue weighted by Gasteiger charge is 2.18. The van der Waals surface area contributed by atoms with Gasteiger partial charge in [-0.05, 0) is 30.7 Å². The third-order valence-electron chi connectivity index (χ3n) is 3.66. The molecule has 0 spiro atoms. The Labute approximate surface area is 123 Å². The molecular weight excluding hydrogens is 266 g/mol. The topological polar surface area (TPSA) is 63.2 Å². The molecule has 2 aromatic rings. The van der Waals surface area contributed by atoms with Crippen molar-refractivity contribution in [2.75, 3.05) is 25.0 Å². The number of carbonyl (C=O) groups excluding carboxylic acids is 1. The minimum absolute atomic E-state index is 0.0299. The lowest BCUT2D eigenvalue weighted by molar-refractivity contribution is -0.119. The van der Waals surface area contributed by atoms with Gasteiger partial charge in [0.1, 0.15) is 0 Å². The van der Waals surface area contributed by atoms with Gasteiger partial charge in [-0.1, -0.05) is 6.07 Å². The number of fused-ring (bicyclic) bond motifs is 1. The van der Waals surface area contributed by atoms with Crippen LogP contribution in [-0.4, -0.2) is 36.7 Å². The molecule has 1 fully saturated rings. The van der Waals surface area contributed by atoms with Gasteiger partial charge in [0.25, 0.3) is 0 Å². The van der Waals surface area contributed by atoms with Gasteiger partial charge in [-0.15, -0.1) is 0 Å². The second kappa shape index (κ2) is 6.20. The van der Waals surface area contributed by atoms with E-state index in [4.69, 9.17) is 4.74 Å². The number of anilines is 1. The van der Waals surface area contributed by atoms with E-state index in [1.54, 1.807) is 6.20 Å². The van der Waals surface area contributed by atoms with Gasteiger partial charge < -0.3 is 15.4 Å². The van der Waals surface area contributed by atoms with Crippen LogP contribution >= 0.6 is 0 Å². The fraction of sp³-hybridized carbons (Fsp3) is 0.375. The molecule has 3 rings (SSSR count). The number of nitrogens with one attached hydrogen (secondary N) is 2. The van der Waals surface area contributed by atoms with Crippen LogP contribution in [0.1, 0.15) is 12.0 Å². The largest absolute Gasteiger partial charge is 0.375 e. The number of hydrogen-bond donors (Lipinski definition) is 2. The van der Waals surface area contributed by atoms with Gasteiger partial charge in [-0.25, -0.2) is 0 Å². The average molecular weight is 285 g/mol. The number of aryl methyl sites for hydroxylation is 1. The summed E-state index contributed by atoms with van der Waals surface area (Å²) in [5.41, 5.74) is 2.83. The number of carbonyl (C=O) groups is 1. The lowest BCUT2D eigenvalue weighted by Gasteiger charge is -2.23. The third kappa shape index (κ3) is 3.20. The van der Waals surface area contributed by atoms with Crippen LogP contribution in [0, 0.1) is 6.92 Å². The van der Waals surface area contributed by atoms with Gasteiger partial charge in [0.05, 0.1) is 30.3 Å². The van der Waals surface area contributed by atoms with Gasteiger partial charge >= 0.3 is 0 Å². The van der Waals surface area contributed by atoms with Crippen LogP contribution in [0.25, 0.3) is 10.9 Å². The zero-order chi connectivity index (χ0) is 14.7. The molecule has 0 aliphatic carbocycles. The highest BCUT2D eigenvalue weighted by Crippen LogP contribution is 2.24. The van der Waals surface area contributed by atoms with Crippen LogP contribution < -0.4 is 10.6 Å². The second-order valence-corrected chi connectivity index (χ2v) is 5.28. The van der Waals surface area contributed by atoms with Crippen molar-refractivity contribution >= 4 is 22.5 Å². The number of amides is 1. The summed E-state index contributed by atoms with van der Waals surface area (Å²) in [5.74, 6) is -0.0299. The predicted molar refractivity (Wildman–Crippen MR) is 82.3 cm³/mol. The number of benzene rings is 1. The van der Waals surface area contributed by atoms with Gasteiger partial charge in [-0.3, -0.25) is 9.78 Å². The van der Waals surface area contributed by atoms with Gasteiger partial charge in [0.15, 0.2) is 0 Å². The van der Waals surface area contributed by atoms with Crippen LogP contribution in [0.15, 0.2) is 30.5 Å². The summed E-state index contributed by atoms with van der Waals surface area (Å²) in [5, 5.41) is 7.17. The molecule has 1 amide bonds. The number of ether oxygens (including phenoxy) is 1. The highest BCUT2D eigenvalue weighted by atomic mass is 16.5. The molecule has 0 bridgehead atoms. The van der Waals surface area contributed by atoms with Crippen molar-refractivity contribution in [2.24, 2.45) is 0 Å². The Morgan fingerprint density at radius 1 is 1.48 bits per heavy atom. The number of pyridine rings is 1. The molecule has 1 saturated heterocycles. The summed E-state index contributed by atoms with van der Waals surface area (Å²) >= 11 is 0. The predicted octanol–water partition coefficient (Wildman–Crippen LogP) is 1.86. The summed E-state index contributed by atoms with van der Waals surface area (Å²) in [4.78, 5) is 16.5. The normalized spacial score (nSPS) is 18.6. The Kier molecular flexibility index (Phi) is 4.13. The maximum Gasteiger partial charge on any atom is 0.227 e. The van der Waals surface area contributed by atoms with E-state index < -0.39 is 0 Å². The SMILES string of the molecule is Cc1ccc(NC(=O)CC2CNCCO2)c2cccnc12. The quantitative estimate of drug-likeness (QED) is 0.903. The van der Waals surface area contributed by atoms with E-state index in [9.17, 15) is 4.79 Å². The zero-order valence-corrected chi connectivity index (χ0v) is 12.1. The molecule has 1 unspecified atom stereocenters. The van der Waals surface area contributed by atoms with E-state index in [1.807, 2.05) is 31.2 Å². The van der Waals surface area contributed by atoms with E-state index in [0.29, 0.717) is 13.0 Å². The van der Waals surface area contributed by atoms with Crippen LogP contribution in [0.5, 0.6) is 0 Å². The summed E-state index contributed by atoms with van der Waals surface area (Å²) in [6.07, 6.45) is 2.08. The molecular formula is C16H19N3O2. The number of hydrogen-bond acceptors (Lipinski definition) is 4. The molecule has 0 saturated carbocycles. The molecule has 1 aromatic carbocycles. The molecule has 5 nitrogen and oxygen atoms in total. The molecule has 1 atom stereocenters. The van der Waals surface area contributed by atoms with Crippen molar-refractivity contribution < 1.29 is 9.53 Å². The van der Waals surface area contributed by atoms with E-state index in [2.05, 4.69) is 15.6 Å². The van der Waals surface area contributed by atoms with Crippen molar-refractivity contribution in [1.29, 1.82) is 0 Å². The smallest absolute Gasteiger partial charge is 0.227 e. The Morgan fingerprint density at radius 3 is 3.19 bits per heavy atom. The molecule has 1 aliphatic heterocycles. The van der Waals surface area contributed by atoms with Gasteiger partial charge in [0, 0.05) is 24.7 Å². The Balaban J connectivity index is 1.75. The third-order valence-corrected chi connectivity index (χ3v) is 3.66. The maximum absolute atomic E-state index is 12.2. The zero-order valence-electron chi connectivity index (χ0n) is 12.1. The first-order chi connectivity index (χ1) is 10.2. The summed E-state index contributed by atoms with van der Waals surface area (Å²) in [6, 6.07) is 7.76. The minimum Gasteiger partial charge on any atom is -0.375 e. The van der Waals surface area contributed by atoms with Gasteiger partial charge in [-0.2, -0.15) is 0 Å². The van der Waals surface area contributed by atoms with Crippen LogP contribution in [0.4, 0.5) is 5.69 Å². The van der Waals surface area contributed by atoms with E-state index in [1.165, 1.54) is 0 Å². The Hall–Kier alpha value is -1.98. The maximum atomic E-state index is 12.2. The first-order valence-corrected chi connectivity index (χ1v) is 7.20. The fourth-order valence-corrected chi connectivity index (χ4v) is 2.58. The molecule has 5 heteroatoms. The van der Waals surface area contributed by atoms with Crippen LogP contribution in [0.3, 0.4) is 0 Å². The number of nitrogens with zero attached hydrogens (tertiary/aromatic N) is 1. The van der Waals surface area contributed by atoms with Crippen LogP contribution in [0.2, 0.25) is 0 Å². The fourth-order valence-electron chi connectivity index (χ4n) is 2.58. The number of morpholine rings is 1. The summed E-state index contributed by atoms with van der Waals surface area (Å²) in [7, 11) is 0. The van der Waals surface area contributed by atoms with E-state index >= 15 is 0 Å². The summed E-state index contributed by atoms with van der Waals surface area (Å²) < 4.78 is 5.56. The van der Waals surface area contributed by atoms with Crippen molar-refractivity contribution in [3.63, 3.8) is 0 Å². The van der Waals surface area contributed by atoms with Crippen molar-refractivity contribution in [3.8, 4) is 0 Å². The van der Waals surface area contributed by atoms with Crippen molar-refractivity contribution in [1.82, 2.24) is 10.3 Å². The Morgan fingerprint density at radius 2 is 2.38 bits per heavy atom. The standard InChI is InChI=1S/C16H19N3O2/c1-11-4-5-14(13-3-2-6-18-16(11)13)19-15(20)9-12-10-17-7-8-21-12/h2-6,12,17H,7-10H2,1H3,(H,19,20). The minimum atomic E-state index is -0.0476. The van der Waals surface area contributed by atoms with Crippen molar-refractivity contribution in [2.45, 2.75) is 19.4 Å². The van der Waals surface area contributed by atoms with Crippen LogP contribution in [-0.2, 0) is 9.53 Å². The van der Waals surface area contributed by atoms with Crippen molar-refractivity contribution in [3.05, 3.63) is 36.0 Å². The Bertz CT molecular complexity index is 651. The monoisotopic (exact) mass is 285 g/mol. The molecule has 21 heavy (non-hydrogen) atoms. The second-order valence-electron chi connectivity index (χ2n) is 5.28. The molecule has 0 radical (unpaired) electrons. The molecule has 2 N–H and O–H groups in total. The molecule has 1 aliphatic rings. The molecule has 2 heterocycles. The first-order valence-electron chi connectivity index (χ1n) is 7.20.